The second-order valence-electron chi connectivity index (χ2n) is 5.40. The lowest BCUT2D eigenvalue weighted by molar-refractivity contribution is -0.135. The molecule has 0 N–H and O–H groups in total. The van der Waals surface area contributed by atoms with Crippen molar-refractivity contribution in [3.63, 3.8) is 0 Å². The third-order valence-corrected chi connectivity index (χ3v) is 4.50. The molecule has 0 spiro atoms. The van der Waals surface area contributed by atoms with Gasteiger partial charge in [-0.3, -0.25) is 4.79 Å². The summed E-state index contributed by atoms with van der Waals surface area (Å²) in [5.41, 5.74) is 0.849. The highest BCUT2D eigenvalue weighted by atomic mass is 32.2. The van der Waals surface area contributed by atoms with Gasteiger partial charge in [0.25, 0.3) is 11.7 Å². The van der Waals surface area contributed by atoms with Gasteiger partial charge in [-0.25, -0.2) is 9.78 Å². The number of carbonyl (C=O) groups is 2. The van der Waals surface area contributed by atoms with E-state index < -0.39 is 24.2 Å². The second-order valence-corrected chi connectivity index (χ2v) is 6.38. The van der Waals surface area contributed by atoms with Crippen molar-refractivity contribution >= 4 is 23.6 Å². The summed E-state index contributed by atoms with van der Waals surface area (Å²) in [7, 11) is 1.61. The Morgan fingerprint density at radius 1 is 1.19 bits per heavy atom. The van der Waals surface area contributed by atoms with Gasteiger partial charge in [0.15, 0.2) is 6.61 Å². The Hall–Kier alpha value is -2.48. The summed E-state index contributed by atoms with van der Waals surface area (Å²) in [5.74, 6) is -3.98. The van der Waals surface area contributed by atoms with Crippen molar-refractivity contribution in [3.05, 3.63) is 59.8 Å². The third kappa shape index (κ3) is 5.26. The van der Waals surface area contributed by atoms with Gasteiger partial charge in [0.05, 0.1) is 11.6 Å². The molecule has 138 valence electrons. The van der Waals surface area contributed by atoms with Gasteiger partial charge in [0.2, 0.25) is 0 Å². The van der Waals surface area contributed by atoms with E-state index in [0.29, 0.717) is 0 Å². The fourth-order valence-electron chi connectivity index (χ4n) is 2.20. The van der Waals surface area contributed by atoms with Gasteiger partial charge in [-0.15, -0.1) is 0 Å². The zero-order valence-electron chi connectivity index (χ0n) is 14.3. The van der Waals surface area contributed by atoms with Gasteiger partial charge in [-0.1, -0.05) is 30.3 Å². The summed E-state index contributed by atoms with van der Waals surface area (Å²) in [4.78, 5) is 29.6. The lowest BCUT2D eigenvalue weighted by Gasteiger charge is -2.25. The number of hydrogen-bond acceptors (Lipinski definition) is 5. The molecule has 0 bridgehead atoms. The number of pyridine rings is 1. The molecule has 2 rings (SSSR count). The molecule has 0 radical (unpaired) electrons. The maximum atomic E-state index is 12.5. The number of alkyl halides is 2. The van der Waals surface area contributed by atoms with Crippen LogP contribution in [0.1, 0.15) is 28.9 Å². The predicted octanol–water partition coefficient (Wildman–Crippen LogP) is 3.77. The number of amides is 1. The highest BCUT2D eigenvalue weighted by Gasteiger charge is 2.21. The molecule has 1 amide bonds. The number of benzene rings is 1. The molecule has 1 aromatic carbocycles. The number of halogens is 2. The fraction of sp³-hybridized carbons (Fsp3) is 0.278. The minimum absolute atomic E-state index is 0.0932. The lowest BCUT2D eigenvalue weighted by atomic mass is 10.1. The van der Waals surface area contributed by atoms with Crippen LogP contribution < -0.4 is 0 Å². The zero-order chi connectivity index (χ0) is 19.1. The van der Waals surface area contributed by atoms with Crippen LogP contribution in [0.3, 0.4) is 0 Å². The van der Waals surface area contributed by atoms with Gasteiger partial charge in [0, 0.05) is 13.2 Å². The third-order valence-electron chi connectivity index (χ3n) is 3.77. The normalized spacial score (nSPS) is 11.9. The van der Waals surface area contributed by atoms with Crippen molar-refractivity contribution in [1.29, 1.82) is 0 Å². The van der Waals surface area contributed by atoms with Crippen LogP contribution in [-0.4, -0.2) is 41.2 Å². The molecule has 1 heterocycles. The summed E-state index contributed by atoms with van der Waals surface area (Å²) in [5, 5.41) is -0.133. The number of ether oxygens (including phenoxy) is 1. The Morgan fingerprint density at radius 2 is 1.88 bits per heavy atom. The summed E-state index contributed by atoms with van der Waals surface area (Å²) in [6, 6.07) is 12.0. The molecule has 1 atom stereocenters. The van der Waals surface area contributed by atoms with Gasteiger partial charge >= 0.3 is 5.97 Å². The number of likely N-dealkylation sites (N-methyl/N-ethyl adjacent to an activating group) is 1. The Kier molecular flexibility index (Phi) is 7.08. The number of thioether (sulfide) groups is 1. The van der Waals surface area contributed by atoms with Crippen LogP contribution in [0.25, 0.3) is 0 Å². The SMILES string of the molecule is CC(c1ccccc1)N(C)C(=O)COC(=O)c1cccnc1SC(F)F. The molecule has 0 saturated carbocycles. The second kappa shape index (κ2) is 9.28. The summed E-state index contributed by atoms with van der Waals surface area (Å²) >= 11 is 0.155. The Labute approximate surface area is 154 Å². The first kappa shape index (κ1) is 19.8. The molecule has 2 aromatic rings. The number of hydrogen-bond donors (Lipinski definition) is 0. The van der Waals surface area contributed by atoms with Crippen LogP contribution in [0.4, 0.5) is 8.78 Å². The maximum Gasteiger partial charge on any atom is 0.341 e. The smallest absolute Gasteiger partial charge is 0.341 e. The van der Waals surface area contributed by atoms with E-state index in [9.17, 15) is 18.4 Å². The van der Waals surface area contributed by atoms with Crippen molar-refractivity contribution in [2.75, 3.05) is 13.7 Å². The number of aromatic nitrogens is 1. The molecule has 0 saturated heterocycles. The number of nitrogens with zero attached hydrogens (tertiary/aromatic N) is 2. The van der Waals surface area contributed by atoms with E-state index in [0.717, 1.165) is 5.56 Å². The number of esters is 1. The van der Waals surface area contributed by atoms with E-state index in [1.807, 2.05) is 37.3 Å². The van der Waals surface area contributed by atoms with Crippen LogP contribution in [0, 0.1) is 0 Å². The molecule has 0 fully saturated rings. The van der Waals surface area contributed by atoms with E-state index in [2.05, 4.69) is 4.98 Å². The largest absolute Gasteiger partial charge is 0.452 e. The first-order valence-corrected chi connectivity index (χ1v) is 8.65. The zero-order valence-corrected chi connectivity index (χ0v) is 15.1. The van der Waals surface area contributed by atoms with Crippen LogP contribution >= 0.6 is 11.8 Å². The first-order chi connectivity index (χ1) is 12.4. The van der Waals surface area contributed by atoms with E-state index in [4.69, 9.17) is 4.74 Å². The first-order valence-electron chi connectivity index (χ1n) is 7.77. The van der Waals surface area contributed by atoms with E-state index in [-0.39, 0.29) is 28.4 Å². The Bertz CT molecular complexity index is 759. The van der Waals surface area contributed by atoms with Crippen LogP contribution in [-0.2, 0) is 9.53 Å². The minimum atomic E-state index is -2.71. The molecule has 0 aliphatic carbocycles. The maximum absolute atomic E-state index is 12.5. The molecule has 1 aromatic heterocycles. The minimum Gasteiger partial charge on any atom is -0.452 e. The van der Waals surface area contributed by atoms with E-state index >= 15 is 0 Å². The highest BCUT2D eigenvalue weighted by Crippen LogP contribution is 2.26. The predicted molar refractivity (Wildman–Crippen MR) is 94.0 cm³/mol. The monoisotopic (exact) mass is 380 g/mol. The summed E-state index contributed by atoms with van der Waals surface area (Å²) in [6.07, 6.45) is 1.31. The van der Waals surface area contributed by atoms with Crippen LogP contribution in [0.2, 0.25) is 0 Å². The number of carbonyl (C=O) groups excluding carboxylic acids is 2. The van der Waals surface area contributed by atoms with Crippen molar-refractivity contribution in [1.82, 2.24) is 9.88 Å². The molecular weight excluding hydrogens is 362 g/mol. The molecule has 1 unspecified atom stereocenters. The summed E-state index contributed by atoms with van der Waals surface area (Å²) in [6.45, 7) is 1.37. The van der Waals surface area contributed by atoms with Crippen molar-refractivity contribution in [2.45, 2.75) is 23.7 Å². The average Bonchev–Trinajstić information content (AvgIpc) is 2.65. The van der Waals surface area contributed by atoms with Crippen molar-refractivity contribution in [3.8, 4) is 0 Å². The molecule has 26 heavy (non-hydrogen) atoms. The molecule has 5 nitrogen and oxygen atoms in total. The fourth-order valence-corrected chi connectivity index (χ4v) is 2.77. The van der Waals surface area contributed by atoms with Crippen molar-refractivity contribution in [2.24, 2.45) is 0 Å². The molecule has 8 heteroatoms. The standard InChI is InChI=1S/C18H18F2N2O3S/c1-12(13-7-4-3-5-8-13)22(2)15(23)11-25-17(24)14-9-6-10-21-16(14)26-18(19)20/h3-10,12,18H,11H2,1-2H3. The molecular formula is C18H18F2N2O3S. The van der Waals surface area contributed by atoms with Gasteiger partial charge in [-0.2, -0.15) is 8.78 Å². The molecule has 0 aliphatic heterocycles. The van der Waals surface area contributed by atoms with Gasteiger partial charge in [0.1, 0.15) is 5.03 Å². The van der Waals surface area contributed by atoms with E-state index in [1.165, 1.54) is 23.2 Å². The van der Waals surface area contributed by atoms with Crippen LogP contribution in [0.15, 0.2) is 53.7 Å². The van der Waals surface area contributed by atoms with Crippen molar-refractivity contribution < 1.29 is 23.1 Å². The van der Waals surface area contributed by atoms with E-state index in [1.54, 1.807) is 7.05 Å². The Morgan fingerprint density at radius 3 is 2.54 bits per heavy atom. The highest BCUT2D eigenvalue weighted by molar-refractivity contribution is 7.99. The summed E-state index contributed by atoms with van der Waals surface area (Å²) < 4.78 is 30.1. The molecule has 0 aliphatic rings. The van der Waals surface area contributed by atoms with Gasteiger partial charge < -0.3 is 9.64 Å². The Balaban J connectivity index is 1.98. The van der Waals surface area contributed by atoms with Gasteiger partial charge in [-0.05, 0) is 36.4 Å². The quantitative estimate of drug-likeness (QED) is 0.541. The van der Waals surface area contributed by atoms with Crippen LogP contribution in [0.5, 0.6) is 0 Å². The average molecular weight is 380 g/mol. The number of rotatable bonds is 7. The lowest BCUT2D eigenvalue weighted by Crippen LogP contribution is -2.33. The topological polar surface area (TPSA) is 59.5 Å².